The number of benzene rings is 2. The lowest BCUT2D eigenvalue weighted by Gasteiger charge is -2.14. The number of ether oxygens (including phenoxy) is 4. The van der Waals surface area contributed by atoms with Gasteiger partial charge >= 0.3 is 12.1 Å². The molecule has 0 saturated carbocycles. The Hall–Kier alpha value is -2.90. The maximum Gasteiger partial charge on any atom is 0.407 e. The third kappa shape index (κ3) is 10.1. The minimum atomic E-state index is -0.454. The molecule has 208 valence electrons. The van der Waals surface area contributed by atoms with Gasteiger partial charge in [-0.15, -0.1) is 0 Å². The van der Waals surface area contributed by atoms with Gasteiger partial charge in [0, 0.05) is 18.9 Å². The molecule has 0 spiro atoms. The number of alkyl carbamates (subject to hydrolysis) is 1. The molecule has 1 N–H and O–H groups in total. The van der Waals surface area contributed by atoms with Crippen molar-refractivity contribution in [3.05, 3.63) is 59.7 Å². The Balaban J connectivity index is 1.14. The van der Waals surface area contributed by atoms with E-state index in [9.17, 15) is 9.59 Å². The summed E-state index contributed by atoms with van der Waals surface area (Å²) in [6, 6.07) is 16.5. The van der Waals surface area contributed by atoms with Crippen LogP contribution in [0.3, 0.4) is 0 Å². The third-order valence-corrected chi connectivity index (χ3v) is 6.71. The van der Waals surface area contributed by atoms with Gasteiger partial charge in [-0.25, -0.2) is 4.79 Å². The van der Waals surface area contributed by atoms with Crippen LogP contribution in [-0.2, 0) is 23.7 Å². The first-order valence-corrected chi connectivity index (χ1v) is 14.1. The fourth-order valence-corrected chi connectivity index (χ4v) is 4.71. The van der Waals surface area contributed by atoms with E-state index in [0.717, 1.165) is 12.8 Å². The molecule has 0 bridgehead atoms. The number of fused-ring (bicyclic) bond motifs is 3. The number of amides is 1. The van der Waals surface area contributed by atoms with E-state index in [2.05, 4.69) is 36.5 Å². The first-order valence-electron chi connectivity index (χ1n) is 14.1. The van der Waals surface area contributed by atoms with Crippen LogP contribution in [0, 0.1) is 0 Å². The molecule has 2 aromatic rings. The van der Waals surface area contributed by atoms with Gasteiger partial charge in [-0.3, -0.25) is 4.79 Å². The van der Waals surface area contributed by atoms with Gasteiger partial charge in [0.05, 0.1) is 26.4 Å². The Morgan fingerprint density at radius 1 is 0.711 bits per heavy atom. The predicted octanol–water partition coefficient (Wildman–Crippen LogP) is 6.24. The minimum Gasteiger partial charge on any atom is -0.463 e. The second-order valence-electron chi connectivity index (χ2n) is 9.57. The molecule has 3 rings (SSSR count). The van der Waals surface area contributed by atoms with Crippen molar-refractivity contribution in [1.29, 1.82) is 0 Å². The molecular weight excluding hydrogens is 482 g/mol. The van der Waals surface area contributed by atoms with Crippen molar-refractivity contribution < 1.29 is 28.5 Å². The number of hydrogen-bond donors (Lipinski definition) is 1. The van der Waals surface area contributed by atoms with E-state index >= 15 is 0 Å². The van der Waals surface area contributed by atoms with Crippen molar-refractivity contribution in [3.8, 4) is 11.1 Å². The lowest BCUT2D eigenvalue weighted by atomic mass is 9.98. The van der Waals surface area contributed by atoms with Crippen LogP contribution in [0.25, 0.3) is 11.1 Å². The fraction of sp³-hybridized carbons (Fsp3) is 0.548. The molecule has 0 aliphatic heterocycles. The molecule has 7 heteroatoms. The van der Waals surface area contributed by atoms with E-state index in [-0.39, 0.29) is 25.1 Å². The topological polar surface area (TPSA) is 83.1 Å². The molecule has 0 unspecified atom stereocenters. The maximum absolute atomic E-state index is 12.2. The van der Waals surface area contributed by atoms with Crippen LogP contribution in [-0.4, -0.2) is 58.2 Å². The Kier molecular flexibility index (Phi) is 13.7. The Morgan fingerprint density at radius 3 is 1.97 bits per heavy atom. The van der Waals surface area contributed by atoms with E-state index in [1.165, 1.54) is 54.4 Å². The van der Waals surface area contributed by atoms with Crippen molar-refractivity contribution in [2.75, 3.05) is 46.2 Å². The molecule has 0 fully saturated rings. The summed E-state index contributed by atoms with van der Waals surface area (Å²) in [5.74, 6) is -0.112. The van der Waals surface area contributed by atoms with Crippen molar-refractivity contribution >= 4 is 12.1 Å². The molecule has 2 aromatic carbocycles. The molecule has 0 atom stereocenters. The van der Waals surface area contributed by atoms with Gasteiger partial charge in [-0.1, -0.05) is 94.0 Å². The molecule has 38 heavy (non-hydrogen) atoms. The molecule has 1 amide bonds. The summed E-state index contributed by atoms with van der Waals surface area (Å²) in [6.45, 7) is 4.63. The van der Waals surface area contributed by atoms with Gasteiger partial charge in [0.1, 0.15) is 13.2 Å². The highest BCUT2D eigenvalue weighted by atomic mass is 16.6. The van der Waals surface area contributed by atoms with Gasteiger partial charge in [-0.05, 0) is 28.7 Å². The van der Waals surface area contributed by atoms with E-state index in [1.807, 2.05) is 24.3 Å². The standard InChI is InChI=1S/C31H43NO6/c1-2-3-4-5-6-7-8-17-30(33)37-23-22-36-21-20-35-19-18-32-31(34)38-24-29-27-15-11-9-13-25(27)26-14-10-12-16-28(26)29/h9-16,29H,2-8,17-24H2,1H3,(H,32,34). The van der Waals surface area contributed by atoms with Crippen LogP contribution in [0.5, 0.6) is 0 Å². The summed E-state index contributed by atoms with van der Waals surface area (Å²) in [5, 5.41) is 2.73. The molecule has 1 aliphatic carbocycles. The van der Waals surface area contributed by atoms with Gasteiger partial charge in [0.2, 0.25) is 0 Å². The van der Waals surface area contributed by atoms with Crippen molar-refractivity contribution in [3.63, 3.8) is 0 Å². The SMILES string of the molecule is CCCCCCCCCC(=O)OCCOCCOCCNC(=O)OCC1c2ccccc2-c2ccccc21. The number of esters is 1. The molecule has 1 aliphatic rings. The molecule has 0 radical (unpaired) electrons. The second kappa shape index (κ2) is 17.6. The van der Waals surface area contributed by atoms with Crippen molar-refractivity contribution in [2.24, 2.45) is 0 Å². The van der Waals surface area contributed by atoms with Crippen LogP contribution in [0.4, 0.5) is 4.79 Å². The number of unbranched alkanes of at least 4 members (excludes halogenated alkanes) is 6. The number of rotatable bonds is 19. The predicted molar refractivity (Wildman–Crippen MR) is 148 cm³/mol. The van der Waals surface area contributed by atoms with Crippen LogP contribution < -0.4 is 5.32 Å². The first-order chi connectivity index (χ1) is 18.7. The van der Waals surface area contributed by atoms with Gasteiger partial charge in [0.25, 0.3) is 0 Å². The Morgan fingerprint density at radius 2 is 1.29 bits per heavy atom. The van der Waals surface area contributed by atoms with Crippen molar-refractivity contribution in [2.45, 2.75) is 64.2 Å². The number of nitrogens with one attached hydrogen (secondary N) is 1. The minimum absolute atomic E-state index is 0.0427. The zero-order valence-electron chi connectivity index (χ0n) is 22.8. The summed E-state index contributed by atoms with van der Waals surface area (Å²) in [7, 11) is 0. The summed E-state index contributed by atoms with van der Waals surface area (Å²) in [5.41, 5.74) is 4.78. The third-order valence-electron chi connectivity index (χ3n) is 6.71. The quantitative estimate of drug-likeness (QED) is 0.173. The summed E-state index contributed by atoms with van der Waals surface area (Å²) < 4.78 is 21.6. The van der Waals surface area contributed by atoms with Gasteiger partial charge in [-0.2, -0.15) is 0 Å². The molecule has 0 aromatic heterocycles. The van der Waals surface area contributed by atoms with E-state index in [1.54, 1.807) is 0 Å². The van der Waals surface area contributed by atoms with Crippen LogP contribution >= 0.6 is 0 Å². The zero-order chi connectivity index (χ0) is 26.8. The van der Waals surface area contributed by atoms with E-state index in [0.29, 0.717) is 39.4 Å². The molecule has 0 saturated heterocycles. The fourth-order valence-electron chi connectivity index (χ4n) is 4.71. The van der Waals surface area contributed by atoms with E-state index in [4.69, 9.17) is 18.9 Å². The lowest BCUT2D eigenvalue weighted by Crippen LogP contribution is -2.29. The van der Waals surface area contributed by atoms with E-state index < -0.39 is 6.09 Å². The van der Waals surface area contributed by atoms with Gasteiger partial charge in [0.15, 0.2) is 0 Å². The zero-order valence-corrected chi connectivity index (χ0v) is 22.8. The summed E-state index contributed by atoms with van der Waals surface area (Å²) in [6.07, 6.45) is 8.29. The largest absolute Gasteiger partial charge is 0.463 e. The molecular formula is C31H43NO6. The number of hydrogen-bond acceptors (Lipinski definition) is 6. The van der Waals surface area contributed by atoms with Crippen molar-refractivity contribution in [1.82, 2.24) is 5.32 Å². The highest BCUT2D eigenvalue weighted by Gasteiger charge is 2.28. The summed E-state index contributed by atoms with van der Waals surface area (Å²) >= 11 is 0. The normalized spacial score (nSPS) is 12.1. The van der Waals surface area contributed by atoms with Crippen LogP contribution in [0.2, 0.25) is 0 Å². The average molecular weight is 526 g/mol. The molecule has 0 heterocycles. The van der Waals surface area contributed by atoms with Gasteiger partial charge < -0.3 is 24.3 Å². The lowest BCUT2D eigenvalue weighted by molar-refractivity contribution is -0.145. The maximum atomic E-state index is 12.2. The van der Waals surface area contributed by atoms with Crippen LogP contribution in [0.1, 0.15) is 75.3 Å². The highest BCUT2D eigenvalue weighted by Crippen LogP contribution is 2.44. The first kappa shape index (κ1) is 29.7. The van der Waals surface area contributed by atoms with Crippen LogP contribution in [0.15, 0.2) is 48.5 Å². The highest BCUT2D eigenvalue weighted by molar-refractivity contribution is 5.79. The smallest absolute Gasteiger partial charge is 0.407 e. The Bertz CT molecular complexity index is 933. The average Bonchev–Trinajstić information content (AvgIpc) is 3.26. The Labute approximate surface area is 227 Å². The second-order valence-corrected chi connectivity index (χ2v) is 9.57. The molecule has 7 nitrogen and oxygen atoms in total. The monoisotopic (exact) mass is 525 g/mol. The number of carbonyl (C=O) groups excluding carboxylic acids is 2. The number of carbonyl (C=O) groups is 2. The summed E-state index contributed by atoms with van der Waals surface area (Å²) in [4.78, 5) is 23.9.